The Bertz CT molecular complexity index is 721. The van der Waals surface area contributed by atoms with Crippen molar-refractivity contribution in [3.63, 3.8) is 0 Å². The molecule has 2 aromatic rings. The lowest BCUT2D eigenvalue weighted by Gasteiger charge is -2.13. The Morgan fingerprint density at radius 3 is 2.45 bits per heavy atom. The highest BCUT2D eigenvalue weighted by Gasteiger charge is 2.15. The standard InChI is InChI=1S/C15H17Cl2N3O2/c1-4-5-18-10-6-11(16)13(12(17)7-10)22-15-9(3)8(2)14(21)19-20-15/h6-7,18H,4-5H2,1-3H3,(H,19,21). The highest BCUT2D eigenvalue weighted by molar-refractivity contribution is 6.37. The average molecular weight is 342 g/mol. The van der Waals surface area contributed by atoms with Crippen molar-refractivity contribution in [2.24, 2.45) is 0 Å². The molecule has 0 aliphatic rings. The van der Waals surface area contributed by atoms with Gasteiger partial charge >= 0.3 is 0 Å². The number of rotatable bonds is 5. The van der Waals surface area contributed by atoms with Crippen LogP contribution in [0.1, 0.15) is 24.5 Å². The monoisotopic (exact) mass is 341 g/mol. The molecule has 2 rings (SSSR count). The second-order valence-electron chi connectivity index (χ2n) is 4.91. The van der Waals surface area contributed by atoms with Gasteiger partial charge in [0.25, 0.3) is 5.56 Å². The molecule has 0 fully saturated rings. The van der Waals surface area contributed by atoms with Crippen molar-refractivity contribution in [3.05, 3.63) is 43.7 Å². The second kappa shape index (κ2) is 7.03. The summed E-state index contributed by atoms with van der Waals surface area (Å²) in [6.45, 7) is 6.35. The Morgan fingerprint density at radius 2 is 1.86 bits per heavy atom. The Hall–Kier alpha value is -1.72. The fraction of sp³-hybridized carbons (Fsp3) is 0.333. The molecule has 0 aliphatic heterocycles. The van der Waals surface area contributed by atoms with E-state index in [1.54, 1.807) is 26.0 Å². The van der Waals surface area contributed by atoms with Crippen LogP contribution in [0.25, 0.3) is 0 Å². The molecular weight excluding hydrogens is 325 g/mol. The third-order valence-corrected chi connectivity index (χ3v) is 3.82. The van der Waals surface area contributed by atoms with Crippen molar-refractivity contribution in [2.75, 3.05) is 11.9 Å². The minimum absolute atomic E-state index is 0.249. The molecule has 0 amide bonds. The predicted octanol–water partition coefficient (Wildman–Crippen LogP) is 4.31. The molecule has 7 heteroatoms. The molecule has 1 aromatic heterocycles. The predicted molar refractivity (Wildman–Crippen MR) is 89.6 cm³/mol. The summed E-state index contributed by atoms with van der Waals surface area (Å²) in [5.41, 5.74) is 1.76. The van der Waals surface area contributed by atoms with Gasteiger partial charge in [-0.15, -0.1) is 5.10 Å². The van der Waals surface area contributed by atoms with Crippen molar-refractivity contribution in [3.8, 4) is 11.6 Å². The van der Waals surface area contributed by atoms with Gasteiger partial charge in [-0.05, 0) is 32.4 Å². The SMILES string of the molecule is CCCNc1cc(Cl)c(Oc2n[nH]c(=O)c(C)c2C)c(Cl)c1. The van der Waals surface area contributed by atoms with Gasteiger partial charge in [-0.2, -0.15) is 0 Å². The van der Waals surface area contributed by atoms with E-state index in [2.05, 4.69) is 22.4 Å². The first-order valence-electron chi connectivity index (χ1n) is 6.90. The lowest BCUT2D eigenvalue weighted by Crippen LogP contribution is -2.14. The van der Waals surface area contributed by atoms with Crippen LogP contribution in [0.2, 0.25) is 10.0 Å². The highest BCUT2D eigenvalue weighted by Crippen LogP contribution is 2.39. The Morgan fingerprint density at radius 1 is 1.23 bits per heavy atom. The molecule has 0 aliphatic carbocycles. The summed E-state index contributed by atoms with van der Waals surface area (Å²) in [6.07, 6.45) is 0.993. The number of benzene rings is 1. The van der Waals surface area contributed by atoms with E-state index in [9.17, 15) is 4.79 Å². The molecule has 0 unspecified atom stereocenters. The number of nitrogens with one attached hydrogen (secondary N) is 2. The normalized spacial score (nSPS) is 10.6. The number of aromatic amines is 1. The van der Waals surface area contributed by atoms with Crippen LogP contribution in [0, 0.1) is 13.8 Å². The summed E-state index contributed by atoms with van der Waals surface area (Å²) in [5.74, 6) is 0.586. The molecule has 1 aromatic carbocycles. The maximum atomic E-state index is 11.5. The van der Waals surface area contributed by atoms with E-state index < -0.39 is 0 Å². The van der Waals surface area contributed by atoms with Crippen molar-refractivity contribution in [1.29, 1.82) is 0 Å². The Kier molecular flexibility index (Phi) is 5.32. The van der Waals surface area contributed by atoms with E-state index in [0.29, 0.717) is 26.9 Å². The van der Waals surface area contributed by atoms with Gasteiger partial charge in [-0.25, -0.2) is 5.10 Å². The number of hydrogen-bond acceptors (Lipinski definition) is 4. The van der Waals surface area contributed by atoms with Crippen molar-refractivity contribution in [2.45, 2.75) is 27.2 Å². The number of ether oxygens (including phenoxy) is 1. The fourth-order valence-electron chi connectivity index (χ4n) is 1.82. The van der Waals surface area contributed by atoms with E-state index in [4.69, 9.17) is 27.9 Å². The van der Waals surface area contributed by atoms with E-state index in [0.717, 1.165) is 18.7 Å². The van der Waals surface area contributed by atoms with E-state index >= 15 is 0 Å². The molecule has 0 saturated heterocycles. The van der Waals surface area contributed by atoms with Crippen LogP contribution < -0.4 is 15.6 Å². The maximum absolute atomic E-state index is 11.5. The third-order valence-electron chi connectivity index (χ3n) is 3.26. The van der Waals surface area contributed by atoms with Crippen LogP contribution in [0.3, 0.4) is 0 Å². The fourth-order valence-corrected chi connectivity index (χ4v) is 2.39. The summed E-state index contributed by atoms with van der Waals surface area (Å²) < 4.78 is 5.69. The molecule has 1 heterocycles. The molecule has 2 N–H and O–H groups in total. The van der Waals surface area contributed by atoms with Crippen LogP contribution in [0.4, 0.5) is 5.69 Å². The molecule has 0 saturated carbocycles. The van der Waals surface area contributed by atoms with E-state index in [1.807, 2.05) is 0 Å². The molecule has 0 radical (unpaired) electrons. The summed E-state index contributed by atoms with van der Waals surface area (Å²) in [7, 11) is 0. The van der Waals surface area contributed by atoms with Gasteiger partial charge < -0.3 is 10.1 Å². The Labute approximate surface area is 138 Å². The van der Waals surface area contributed by atoms with Gasteiger partial charge in [0, 0.05) is 23.4 Å². The van der Waals surface area contributed by atoms with Gasteiger partial charge in [0.05, 0.1) is 10.0 Å². The maximum Gasteiger partial charge on any atom is 0.267 e. The third kappa shape index (κ3) is 3.54. The van der Waals surface area contributed by atoms with Gasteiger partial charge in [0.1, 0.15) is 0 Å². The summed E-state index contributed by atoms with van der Waals surface area (Å²) >= 11 is 12.5. The zero-order valence-corrected chi connectivity index (χ0v) is 14.1. The molecule has 0 spiro atoms. The number of halogens is 2. The first-order valence-corrected chi connectivity index (χ1v) is 7.66. The van der Waals surface area contributed by atoms with E-state index in [-0.39, 0.29) is 11.4 Å². The minimum atomic E-state index is -0.249. The molecule has 0 atom stereocenters. The minimum Gasteiger partial charge on any atom is -0.434 e. The molecule has 5 nitrogen and oxygen atoms in total. The first-order chi connectivity index (χ1) is 10.4. The largest absolute Gasteiger partial charge is 0.434 e. The van der Waals surface area contributed by atoms with Crippen molar-refractivity contribution in [1.82, 2.24) is 10.2 Å². The first kappa shape index (κ1) is 16.6. The van der Waals surface area contributed by atoms with Crippen LogP contribution in [-0.4, -0.2) is 16.7 Å². The lowest BCUT2D eigenvalue weighted by molar-refractivity contribution is 0.449. The van der Waals surface area contributed by atoms with Gasteiger partial charge in [-0.1, -0.05) is 30.1 Å². The summed E-state index contributed by atoms with van der Waals surface area (Å²) in [4.78, 5) is 11.5. The van der Waals surface area contributed by atoms with Crippen LogP contribution >= 0.6 is 23.2 Å². The Balaban J connectivity index is 2.34. The van der Waals surface area contributed by atoms with E-state index in [1.165, 1.54) is 0 Å². The molecule has 22 heavy (non-hydrogen) atoms. The zero-order chi connectivity index (χ0) is 16.3. The number of H-pyrrole nitrogens is 1. The van der Waals surface area contributed by atoms with Crippen LogP contribution in [0.5, 0.6) is 11.6 Å². The molecule has 118 valence electrons. The van der Waals surface area contributed by atoms with Crippen molar-refractivity contribution >= 4 is 28.9 Å². The van der Waals surface area contributed by atoms with Gasteiger partial charge in [0.15, 0.2) is 5.75 Å². The molecular formula is C15H17Cl2N3O2. The number of nitrogens with zero attached hydrogens (tertiary/aromatic N) is 1. The van der Waals surface area contributed by atoms with Crippen LogP contribution in [0.15, 0.2) is 16.9 Å². The smallest absolute Gasteiger partial charge is 0.267 e. The molecule has 0 bridgehead atoms. The zero-order valence-electron chi connectivity index (χ0n) is 12.6. The lowest BCUT2D eigenvalue weighted by atomic mass is 10.2. The second-order valence-corrected chi connectivity index (χ2v) is 5.72. The van der Waals surface area contributed by atoms with Gasteiger partial charge in [0.2, 0.25) is 5.88 Å². The van der Waals surface area contributed by atoms with Crippen LogP contribution in [-0.2, 0) is 0 Å². The summed E-state index contributed by atoms with van der Waals surface area (Å²) in [5, 5.41) is 10.2. The van der Waals surface area contributed by atoms with Crippen molar-refractivity contribution < 1.29 is 4.74 Å². The highest BCUT2D eigenvalue weighted by atomic mass is 35.5. The number of hydrogen-bond donors (Lipinski definition) is 2. The van der Waals surface area contributed by atoms with Gasteiger partial charge in [-0.3, -0.25) is 4.79 Å². The topological polar surface area (TPSA) is 67.0 Å². The summed E-state index contributed by atoms with van der Waals surface area (Å²) in [6, 6.07) is 3.48. The average Bonchev–Trinajstić information content (AvgIpc) is 2.48. The quantitative estimate of drug-likeness (QED) is 0.850. The number of aromatic nitrogens is 2. The number of anilines is 1.